The smallest absolute Gasteiger partial charge is 0.312 e. The third-order valence-electron chi connectivity index (χ3n) is 34.6. The van der Waals surface area contributed by atoms with E-state index in [0.717, 1.165) is 135 Å². The molecule has 0 bridgehead atoms. The second-order valence-electron chi connectivity index (χ2n) is 43.4. The van der Waals surface area contributed by atoms with Crippen LogP contribution in [0, 0.1) is 62.1 Å². The number of carboxylic acid groups (broad SMARTS) is 1. The zero-order chi connectivity index (χ0) is 82.8. The second-order valence-corrected chi connectivity index (χ2v) is 43.4. The van der Waals surface area contributed by atoms with Gasteiger partial charge in [0.25, 0.3) is 0 Å². The van der Waals surface area contributed by atoms with Crippen LogP contribution < -0.4 is 0 Å². The molecule has 0 radical (unpaired) electrons. The number of carboxylic acids is 1. The van der Waals surface area contributed by atoms with Crippen molar-refractivity contribution in [2.24, 2.45) is 62.1 Å². The zero-order valence-corrected chi connectivity index (χ0v) is 74.6. The molecule has 10 heteroatoms. The van der Waals surface area contributed by atoms with Crippen molar-refractivity contribution >= 4 is 29.8 Å². The Hall–Kier alpha value is -6.55. The van der Waals surface area contributed by atoms with E-state index in [2.05, 4.69) is 223 Å². The van der Waals surface area contributed by atoms with Crippen LogP contribution in [0.25, 0.3) is 0 Å². The van der Waals surface area contributed by atoms with Crippen molar-refractivity contribution in [3.8, 4) is 0 Å². The molecule has 5 fully saturated rings. The minimum atomic E-state index is -1.46. The van der Waals surface area contributed by atoms with Crippen molar-refractivity contribution in [3.63, 3.8) is 0 Å². The second kappa shape index (κ2) is 31.2. The molecule has 5 saturated carbocycles. The number of hydrogen-bond acceptors (Lipinski definition) is 9. The van der Waals surface area contributed by atoms with Gasteiger partial charge in [-0.1, -0.05) is 227 Å². The molecule has 10 aliphatic carbocycles. The van der Waals surface area contributed by atoms with Gasteiger partial charge in [-0.15, -0.1) is 0 Å². The number of benzene rings is 5. The summed E-state index contributed by atoms with van der Waals surface area (Å²) in [6.45, 7) is 43.7. The van der Waals surface area contributed by atoms with E-state index < -0.39 is 38.5 Å². The Morgan fingerprint density at radius 2 is 0.487 bits per heavy atom. The van der Waals surface area contributed by atoms with Crippen molar-refractivity contribution in [1.82, 2.24) is 0 Å². The lowest BCUT2D eigenvalue weighted by molar-refractivity contribution is -0.192. The summed E-state index contributed by atoms with van der Waals surface area (Å²) in [5.74, 6) is 0.755. The van der Waals surface area contributed by atoms with Crippen LogP contribution in [0.15, 0.2) is 91.0 Å². The molecule has 0 amide bonds. The van der Waals surface area contributed by atoms with Gasteiger partial charge in [-0.25, -0.2) is 0 Å². The molecule has 0 aromatic heterocycles. The van der Waals surface area contributed by atoms with Gasteiger partial charge in [0.1, 0.15) is 31.8 Å². The Kier molecular flexibility index (Phi) is 23.1. The van der Waals surface area contributed by atoms with Crippen LogP contribution >= 0.6 is 0 Å². The van der Waals surface area contributed by atoms with Crippen LogP contribution in [-0.2, 0) is 102 Å². The van der Waals surface area contributed by atoms with Gasteiger partial charge in [-0.05, 0) is 333 Å². The molecule has 6 unspecified atom stereocenters. The van der Waals surface area contributed by atoms with Gasteiger partial charge in [0.2, 0.25) is 0 Å². The number of fused-ring (bicyclic) bond motifs is 15. The summed E-state index contributed by atoms with van der Waals surface area (Å²) in [6, 6.07) is 35.1. The number of esters is 4. The topological polar surface area (TPSA) is 142 Å². The lowest BCUT2D eigenvalue weighted by Crippen LogP contribution is -2.56. The van der Waals surface area contributed by atoms with Crippen molar-refractivity contribution in [3.05, 3.63) is 174 Å². The van der Waals surface area contributed by atoms with Crippen LogP contribution in [0.4, 0.5) is 0 Å². The Bertz CT molecular complexity index is 4070. The molecular weight excluding hydrogens is 1420 g/mol. The van der Waals surface area contributed by atoms with E-state index >= 15 is 19.2 Å². The summed E-state index contributed by atoms with van der Waals surface area (Å²) in [6.07, 6.45) is 22.1. The van der Waals surface area contributed by atoms with Crippen LogP contribution in [0.1, 0.15) is 380 Å². The van der Waals surface area contributed by atoms with Crippen LogP contribution in [-0.4, -0.2) is 61.4 Å². The molecule has 115 heavy (non-hydrogen) atoms. The van der Waals surface area contributed by atoms with E-state index in [9.17, 15) is 9.90 Å². The highest BCUT2D eigenvalue weighted by Crippen LogP contribution is 2.64. The van der Waals surface area contributed by atoms with E-state index in [-0.39, 0.29) is 107 Å². The fourth-order valence-corrected chi connectivity index (χ4v) is 27.4. The lowest BCUT2D eigenvalue weighted by Gasteiger charge is -2.55. The summed E-state index contributed by atoms with van der Waals surface area (Å²) >= 11 is 0. The predicted molar refractivity (Wildman–Crippen MR) is 462 cm³/mol. The van der Waals surface area contributed by atoms with E-state index in [1.807, 2.05) is 6.92 Å². The van der Waals surface area contributed by atoms with E-state index in [0.29, 0.717) is 55.3 Å². The average Bonchev–Trinajstić information content (AvgIpc) is 0.749. The quantitative estimate of drug-likeness (QED) is 0.0665. The molecule has 10 aliphatic rings. The molecule has 5 aromatic rings. The van der Waals surface area contributed by atoms with E-state index in [1.54, 1.807) is 0 Å². The van der Waals surface area contributed by atoms with Crippen LogP contribution in [0.3, 0.4) is 0 Å². The molecule has 0 saturated heterocycles. The van der Waals surface area contributed by atoms with E-state index in [1.165, 1.54) is 83.5 Å². The molecule has 15 rings (SSSR count). The minimum Gasteiger partial charge on any atom is -0.481 e. The Balaban J connectivity index is 0.000000425. The predicted octanol–water partition coefficient (Wildman–Crippen LogP) is 24.4. The first-order chi connectivity index (χ1) is 54.2. The Morgan fingerprint density at radius 3 is 0.670 bits per heavy atom. The SMILES string of the molecule is CC(C)c1ccc2c(c1)CCC1C2(C)CCC[C@@]1(C)C(=O)OCC(COC(=O)[C@]1(C)CCC[C@@]2(C)c3ccc(C(C)C)cc3CCC12)(COC(=O)[C@@]1(C)CCC[C@]2(C)c3ccc(C(C)C)cc3CCC12)COC(=O)[C@@]1(C)CCC[C@]2(C)c3ccc(C(C)C)cc3CCC12.CC(C)c1ccc2c(c1)CCC1[C@@](C)(C(=O)O)CCC[C@]21C. The number of aryl methyl sites for hydroxylation is 5. The summed E-state index contributed by atoms with van der Waals surface area (Å²) in [5, 5.41) is 9.82. The number of hydrogen-bond donors (Lipinski definition) is 1. The summed E-state index contributed by atoms with van der Waals surface area (Å²) < 4.78 is 27.9. The van der Waals surface area contributed by atoms with Gasteiger partial charge < -0.3 is 24.1 Å². The van der Waals surface area contributed by atoms with Crippen LogP contribution in [0.2, 0.25) is 0 Å². The number of rotatable bonds is 18. The summed E-state index contributed by atoms with van der Waals surface area (Å²) in [4.78, 5) is 75.3. The average molecular weight is 1570 g/mol. The van der Waals surface area contributed by atoms with Gasteiger partial charge in [0.15, 0.2) is 0 Å². The molecule has 0 spiro atoms. The van der Waals surface area contributed by atoms with Crippen molar-refractivity contribution in [1.29, 1.82) is 0 Å². The molecule has 0 aliphatic heterocycles. The van der Waals surface area contributed by atoms with Crippen molar-refractivity contribution < 1.29 is 48.0 Å². The van der Waals surface area contributed by atoms with Gasteiger partial charge in [-0.2, -0.15) is 0 Å². The maximum absolute atomic E-state index is 15.8. The Morgan fingerprint density at radius 1 is 0.304 bits per heavy atom. The molecule has 1 N–H and O–H groups in total. The maximum Gasteiger partial charge on any atom is 0.312 e. The zero-order valence-electron chi connectivity index (χ0n) is 74.6. The normalized spacial score (nSPS) is 34.1. The summed E-state index contributed by atoms with van der Waals surface area (Å²) in [5.41, 5.74) is 14.2. The van der Waals surface area contributed by atoms with Crippen molar-refractivity contribution in [2.45, 2.75) is 356 Å². The summed E-state index contributed by atoms with van der Waals surface area (Å²) in [7, 11) is 0. The van der Waals surface area contributed by atoms with Gasteiger partial charge in [0, 0.05) is 0 Å². The van der Waals surface area contributed by atoms with Gasteiger partial charge >= 0.3 is 29.8 Å². The lowest BCUT2D eigenvalue weighted by atomic mass is 9.49. The van der Waals surface area contributed by atoms with Gasteiger partial charge in [0.05, 0.1) is 27.1 Å². The highest BCUT2D eigenvalue weighted by molar-refractivity contribution is 5.81. The third-order valence-corrected chi connectivity index (χ3v) is 34.6. The molecule has 10 nitrogen and oxygen atoms in total. The van der Waals surface area contributed by atoms with Gasteiger partial charge in [-0.3, -0.25) is 24.0 Å². The fourth-order valence-electron chi connectivity index (χ4n) is 27.4. The first-order valence-corrected chi connectivity index (χ1v) is 45.8. The standard InChI is InChI=1S/C85H116O8.C20H28O2/c1-53(2)57-21-29-65-61(45-57)25-33-69-77(65,9)37-17-41-81(69,13)73(86)90-49-85(50-91-74(87)82(14)42-18-38-78(10)66-30-22-58(54(3)4)46-62(66)26-34-70(78)82,51-92-75(88)83(15)43-19-39-79(11)67-31-23-59(55(5)6)47-63(67)27-35-71(79)83)52-93-76(89)84(16)44-20-40-80(12)68-32-24-60(56(7)8)48-64(68)28-36-72(80)84;1-13(2)14-6-8-16-15(12-14)7-9-17-19(16,3)10-5-11-20(17,4)18(21)22/h21-24,29-32,45-48,53-56,69-72H,17-20,25-28,33-44,49-52H2,1-16H3;6,8,12-13,17H,5,7,9-11H2,1-4H3,(H,21,22)/t69?,70?,71?,72?,77-,78-,79+,80?,81+,82+,83-,84-,85?;17?,19-,20+/m11/s1. The highest BCUT2D eigenvalue weighted by Gasteiger charge is 2.63. The Labute approximate surface area is 692 Å². The number of ether oxygens (including phenoxy) is 4. The highest BCUT2D eigenvalue weighted by atomic mass is 16.6. The van der Waals surface area contributed by atoms with E-state index in [4.69, 9.17) is 18.9 Å². The fraction of sp³-hybridized carbons (Fsp3) is 0.667. The molecule has 624 valence electrons. The first kappa shape index (κ1) is 84.9. The largest absolute Gasteiger partial charge is 0.481 e. The monoisotopic (exact) mass is 1570 g/mol. The number of carbonyl (C=O) groups is 5. The molecule has 0 heterocycles. The number of aliphatic carboxylic acids is 1. The molecule has 5 aromatic carbocycles. The maximum atomic E-state index is 15.8. The molecular formula is C105H144O10. The first-order valence-electron chi connectivity index (χ1n) is 45.8. The van der Waals surface area contributed by atoms with Crippen molar-refractivity contribution in [2.75, 3.05) is 26.4 Å². The number of carbonyl (C=O) groups excluding carboxylic acids is 4. The minimum absolute atomic E-state index is 0.0148. The molecule has 15 atom stereocenters. The van der Waals surface area contributed by atoms with Crippen LogP contribution in [0.5, 0.6) is 0 Å². The third kappa shape index (κ3) is 14.5.